The van der Waals surface area contributed by atoms with Gasteiger partial charge in [0.05, 0.1) is 11.0 Å². The van der Waals surface area contributed by atoms with E-state index in [2.05, 4.69) is 22.2 Å². The molecule has 0 saturated carbocycles. The molecule has 6 heteroatoms. The van der Waals surface area contributed by atoms with Crippen LogP contribution in [0.15, 0.2) is 36.9 Å². The number of aromatic nitrogens is 2. The van der Waals surface area contributed by atoms with Crippen LogP contribution >= 0.6 is 0 Å². The molecule has 0 bridgehead atoms. The molecule has 0 saturated heterocycles. The molecule has 128 valence electrons. The molecule has 2 aromatic rings. The van der Waals surface area contributed by atoms with Gasteiger partial charge < -0.3 is 15.2 Å². The second-order valence-electron chi connectivity index (χ2n) is 5.89. The molecule has 1 aromatic heterocycles. The van der Waals surface area contributed by atoms with E-state index in [0.717, 1.165) is 16.9 Å². The van der Waals surface area contributed by atoms with E-state index in [0.29, 0.717) is 19.5 Å². The predicted octanol–water partition coefficient (Wildman–Crippen LogP) is 1.65. The van der Waals surface area contributed by atoms with Gasteiger partial charge in [-0.1, -0.05) is 32.1 Å². The number of carbonyl (C=O) groups excluding carboxylic acids is 2. The maximum Gasteiger partial charge on any atom is 0.240 e. The van der Waals surface area contributed by atoms with Crippen LogP contribution in [0.5, 0.6) is 0 Å². The van der Waals surface area contributed by atoms with E-state index in [1.807, 2.05) is 42.7 Å². The van der Waals surface area contributed by atoms with Gasteiger partial charge in [0.2, 0.25) is 11.8 Å². The third-order valence-corrected chi connectivity index (χ3v) is 3.65. The van der Waals surface area contributed by atoms with Crippen LogP contribution in [0.25, 0.3) is 11.0 Å². The van der Waals surface area contributed by atoms with Gasteiger partial charge in [-0.05, 0) is 12.1 Å². The second kappa shape index (κ2) is 8.29. The molecule has 24 heavy (non-hydrogen) atoms. The lowest BCUT2D eigenvalue weighted by Gasteiger charge is -2.10. The van der Waals surface area contributed by atoms with Gasteiger partial charge in [-0.2, -0.15) is 0 Å². The Hall–Kier alpha value is -2.63. The van der Waals surface area contributed by atoms with Crippen molar-refractivity contribution in [3.8, 4) is 0 Å². The summed E-state index contributed by atoms with van der Waals surface area (Å²) in [4.78, 5) is 28.3. The Morgan fingerprint density at radius 2 is 2.04 bits per heavy atom. The number of carbonyl (C=O) groups is 2. The third-order valence-electron chi connectivity index (χ3n) is 3.65. The molecule has 0 radical (unpaired) electrons. The summed E-state index contributed by atoms with van der Waals surface area (Å²) < 4.78 is 1.90. The lowest BCUT2D eigenvalue weighted by Crippen LogP contribution is -2.31. The largest absolute Gasteiger partial charge is 0.355 e. The molecule has 6 nitrogen and oxygen atoms in total. The highest BCUT2D eigenvalue weighted by molar-refractivity contribution is 5.81. The number of amides is 2. The minimum atomic E-state index is -0.0921. The summed E-state index contributed by atoms with van der Waals surface area (Å²) in [6, 6.07) is 7.71. The summed E-state index contributed by atoms with van der Waals surface area (Å²) in [5.41, 5.74) is 1.76. The molecule has 1 heterocycles. The van der Waals surface area contributed by atoms with Crippen LogP contribution in [0.3, 0.4) is 0 Å². The van der Waals surface area contributed by atoms with E-state index in [1.165, 1.54) is 0 Å². The molecular weight excluding hydrogens is 304 g/mol. The summed E-state index contributed by atoms with van der Waals surface area (Å²) in [6.07, 6.45) is 2.22. The molecular formula is C18H24N4O2. The summed E-state index contributed by atoms with van der Waals surface area (Å²) in [6.45, 7) is 8.43. The topological polar surface area (TPSA) is 76.0 Å². The van der Waals surface area contributed by atoms with Crippen LogP contribution in [-0.2, 0) is 22.6 Å². The van der Waals surface area contributed by atoms with E-state index in [9.17, 15) is 9.59 Å². The number of hydrogen-bond donors (Lipinski definition) is 2. The Morgan fingerprint density at radius 3 is 2.75 bits per heavy atom. The molecule has 0 atom stereocenters. The van der Waals surface area contributed by atoms with Crippen molar-refractivity contribution in [3.63, 3.8) is 0 Å². The molecule has 0 unspecified atom stereocenters. The maximum absolute atomic E-state index is 12.1. The number of rotatable bonds is 8. The monoisotopic (exact) mass is 328 g/mol. The van der Waals surface area contributed by atoms with E-state index < -0.39 is 0 Å². The SMILES string of the molecule is C=CCNC(=O)Cn1c(CCNC(=O)C(C)C)nc2ccccc21. The fourth-order valence-corrected chi connectivity index (χ4v) is 2.38. The summed E-state index contributed by atoms with van der Waals surface area (Å²) in [5, 5.41) is 5.66. The summed E-state index contributed by atoms with van der Waals surface area (Å²) in [7, 11) is 0. The van der Waals surface area contributed by atoms with Crippen molar-refractivity contribution < 1.29 is 9.59 Å². The summed E-state index contributed by atoms with van der Waals surface area (Å²) >= 11 is 0. The van der Waals surface area contributed by atoms with Crippen molar-refractivity contribution in [2.75, 3.05) is 13.1 Å². The Bertz CT molecular complexity index is 734. The quantitative estimate of drug-likeness (QED) is 0.724. The van der Waals surface area contributed by atoms with Gasteiger partial charge in [-0.3, -0.25) is 9.59 Å². The van der Waals surface area contributed by atoms with Crippen LogP contribution in [0.1, 0.15) is 19.7 Å². The van der Waals surface area contributed by atoms with Crippen LogP contribution in [0.4, 0.5) is 0 Å². The number of para-hydroxylation sites is 2. The van der Waals surface area contributed by atoms with Crippen molar-refractivity contribution in [3.05, 3.63) is 42.7 Å². The molecule has 2 N–H and O–H groups in total. The van der Waals surface area contributed by atoms with Gasteiger partial charge in [0.15, 0.2) is 0 Å². The molecule has 0 aliphatic heterocycles. The average Bonchev–Trinajstić information content (AvgIpc) is 2.90. The zero-order valence-electron chi connectivity index (χ0n) is 14.2. The van der Waals surface area contributed by atoms with Gasteiger partial charge in [-0.15, -0.1) is 6.58 Å². The summed E-state index contributed by atoms with van der Waals surface area (Å²) in [5.74, 6) is 0.661. The van der Waals surface area contributed by atoms with Crippen molar-refractivity contribution in [1.82, 2.24) is 20.2 Å². The van der Waals surface area contributed by atoms with Gasteiger partial charge in [0, 0.05) is 25.4 Å². The molecule has 0 aliphatic rings. The first-order chi connectivity index (χ1) is 11.5. The van der Waals surface area contributed by atoms with Gasteiger partial charge in [-0.25, -0.2) is 4.98 Å². The molecule has 2 rings (SSSR count). The van der Waals surface area contributed by atoms with E-state index >= 15 is 0 Å². The number of nitrogens with one attached hydrogen (secondary N) is 2. The number of hydrogen-bond acceptors (Lipinski definition) is 3. The number of nitrogens with zero attached hydrogens (tertiary/aromatic N) is 2. The fourth-order valence-electron chi connectivity index (χ4n) is 2.38. The highest BCUT2D eigenvalue weighted by Gasteiger charge is 2.14. The predicted molar refractivity (Wildman–Crippen MR) is 94.5 cm³/mol. The first-order valence-electron chi connectivity index (χ1n) is 8.12. The highest BCUT2D eigenvalue weighted by atomic mass is 16.2. The van der Waals surface area contributed by atoms with Crippen molar-refractivity contribution in [2.45, 2.75) is 26.8 Å². The van der Waals surface area contributed by atoms with Gasteiger partial charge >= 0.3 is 0 Å². The normalized spacial score (nSPS) is 10.8. The Balaban J connectivity index is 2.15. The first-order valence-corrected chi connectivity index (χ1v) is 8.12. The third kappa shape index (κ3) is 4.44. The maximum atomic E-state index is 12.1. The Kier molecular flexibility index (Phi) is 6.12. The zero-order valence-corrected chi connectivity index (χ0v) is 14.2. The standard InChI is InChI=1S/C18H24N4O2/c1-4-10-19-17(23)12-22-15-8-6-5-7-14(15)21-16(22)9-11-20-18(24)13(2)3/h4-8,13H,1,9-12H2,2-3H3,(H,19,23)(H,20,24). The van der Waals surface area contributed by atoms with E-state index in [4.69, 9.17) is 0 Å². The smallest absolute Gasteiger partial charge is 0.240 e. The highest BCUT2D eigenvalue weighted by Crippen LogP contribution is 2.16. The lowest BCUT2D eigenvalue weighted by atomic mass is 10.2. The van der Waals surface area contributed by atoms with E-state index in [-0.39, 0.29) is 24.3 Å². The first kappa shape index (κ1) is 17.7. The van der Waals surface area contributed by atoms with Crippen molar-refractivity contribution >= 4 is 22.8 Å². The minimum Gasteiger partial charge on any atom is -0.355 e. The Morgan fingerprint density at radius 1 is 1.29 bits per heavy atom. The average molecular weight is 328 g/mol. The van der Waals surface area contributed by atoms with Gasteiger partial charge in [0.25, 0.3) is 0 Å². The minimum absolute atomic E-state index is 0.0152. The van der Waals surface area contributed by atoms with Gasteiger partial charge in [0.1, 0.15) is 12.4 Å². The van der Waals surface area contributed by atoms with Crippen LogP contribution < -0.4 is 10.6 Å². The van der Waals surface area contributed by atoms with Crippen molar-refractivity contribution in [1.29, 1.82) is 0 Å². The van der Waals surface area contributed by atoms with Crippen LogP contribution in [0, 0.1) is 5.92 Å². The zero-order chi connectivity index (χ0) is 17.5. The van der Waals surface area contributed by atoms with E-state index in [1.54, 1.807) is 6.08 Å². The molecule has 0 spiro atoms. The fraction of sp³-hybridized carbons (Fsp3) is 0.389. The number of benzene rings is 1. The van der Waals surface area contributed by atoms with Crippen LogP contribution in [0.2, 0.25) is 0 Å². The number of imidazole rings is 1. The van der Waals surface area contributed by atoms with Crippen LogP contribution in [-0.4, -0.2) is 34.5 Å². The molecule has 1 aromatic carbocycles. The number of fused-ring (bicyclic) bond motifs is 1. The lowest BCUT2D eigenvalue weighted by molar-refractivity contribution is -0.124. The molecule has 0 aliphatic carbocycles. The molecule has 0 fully saturated rings. The molecule has 2 amide bonds. The second-order valence-corrected chi connectivity index (χ2v) is 5.89. The van der Waals surface area contributed by atoms with Crippen molar-refractivity contribution in [2.24, 2.45) is 5.92 Å². The Labute approximate surface area is 141 Å².